The summed E-state index contributed by atoms with van der Waals surface area (Å²) in [6.45, 7) is 2.97. The van der Waals surface area contributed by atoms with E-state index < -0.39 is 5.97 Å². The molecule has 0 radical (unpaired) electrons. The first-order chi connectivity index (χ1) is 16.4. The van der Waals surface area contributed by atoms with Crippen molar-refractivity contribution in [3.8, 4) is 10.6 Å². The van der Waals surface area contributed by atoms with Gasteiger partial charge in [0.05, 0.1) is 27.2 Å². The van der Waals surface area contributed by atoms with Crippen LogP contribution in [0.3, 0.4) is 0 Å². The molecule has 0 amide bonds. The molecule has 7 heteroatoms. The van der Waals surface area contributed by atoms with Gasteiger partial charge in [0.15, 0.2) is 0 Å². The Bertz CT molecular complexity index is 1440. The minimum atomic E-state index is -0.771. The van der Waals surface area contributed by atoms with Gasteiger partial charge in [0.1, 0.15) is 10.8 Å². The second-order valence-corrected chi connectivity index (χ2v) is 10.1. The Morgan fingerprint density at radius 1 is 1.18 bits per heavy atom. The van der Waals surface area contributed by atoms with Crippen molar-refractivity contribution >= 4 is 27.5 Å². The molecule has 3 heterocycles. The van der Waals surface area contributed by atoms with E-state index in [-0.39, 0.29) is 23.2 Å². The van der Waals surface area contributed by atoms with Gasteiger partial charge in [-0.25, -0.2) is 9.37 Å². The Morgan fingerprint density at radius 3 is 2.68 bits per heavy atom. The first kappa shape index (κ1) is 21.1. The number of aromatic nitrogens is 2. The number of hydrogen-bond acceptors (Lipinski definition) is 5. The van der Waals surface area contributed by atoms with Crippen LogP contribution >= 0.6 is 11.3 Å². The van der Waals surface area contributed by atoms with Gasteiger partial charge in [0, 0.05) is 30.9 Å². The van der Waals surface area contributed by atoms with Gasteiger partial charge in [-0.15, -0.1) is 11.3 Å². The normalized spacial score (nSPS) is 18.1. The molecule has 34 heavy (non-hydrogen) atoms. The third kappa shape index (κ3) is 3.43. The van der Waals surface area contributed by atoms with Crippen LogP contribution in [0.15, 0.2) is 72.9 Å². The number of hydrogen-bond donors (Lipinski definition) is 1. The number of halogens is 1. The van der Waals surface area contributed by atoms with Crippen molar-refractivity contribution < 1.29 is 14.3 Å². The number of allylic oxidation sites excluding steroid dienone is 2. The highest BCUT2D eigenvalue weighted by atomic mass is 32.1. The van der Waals surface area contributed by atoms with Gasteiger partial charge in [0.2, 0.25) is 0 Å². The van der Waals surface area contributed by atoms with E-state index in [4.69, 9.17) is 10.1 Å². The molecule has 1 unspecified atom stereocenters. The molecule has 1 saturated heterocycles. The number of thiazole rings is 1. The minimum Gasteiger partial charge on any atom is -0.481 e. The SMILES string of the molecule is CC(c1ccc(-c2nc3ccc(C4(c5ccccn5)C=C4)cc3s2)c(F)c1)N1CC(C(=O)O)C1. The van der Waals surface area contributed by atoms with Gasteiger partial charge in [-0.05, 0) is 54.4 Å². The van der Waals surface area contributed by atoms with Crippen LogP contribution in [0.2, 0.25) is 0 Å². The van der Waals surface area contributed by atoms with Crippen molar-refractivity contribution in [1.82, 2.24) is 14.9 Å². The lowest BCUT2D eigenvalue weighted by molar-refractivity contribution is -0.148. The number of carboxylic acids is 1. The first-order valence-corrected chi connectivity index (χ1v) is 12.1. The predicted octanol–water partition coefficient (Wildman–Crippen LogP) is 5.43. The molecule has 2 aliphatic rings. The van der Waals surface area contributed by atoms with Crippen molar-refractivity contribution in [2.75, 3.05) is 13.1 Å². The summed E-state index contributed by atoms with van der Waals surface area (Å²) in [5.41, 5.74) is 4.02. The topological polar surface area (TPSA) is 66.3 Å². The maximum atomic E-state index is 15.2. The zero-order valence-electron chi connectivity index (χ0n) is 18.5. The average molecular weight is 472 g/mol. The summed E-state index contributed by atoms with van der Waals surface area (Å²) >= 11 is 1.48. The summed E-state index contributed by atoms with van der Waals surface area (Å²) in [7, 11) is 0. The van der Waals surface area contributed by atoms with Crippen molar-refractivity contribution in [1.29, 1.82) is 0 Å². The molecule has 6 rings (SSSR count). The van der Waals surface area contributed by atoms with Crippen LogP contribution in [-0.4, -0.2) is 39.0 Å². The second kappa shape index (κ2) is 7.82. The van der Waals surface area contributed by atoms with Crippen LogP contribution in [0.4, 0.5) is 4.39 Å². The molecular formula is C27H22FN3O2S. The van der Waals surface area contributed by atoms with E-state index in [0.29, 0.717) is 23.7 Å². The maximum absolute atomic E-state index is 15.2. The maximum Gasteiger partial charge on any atom is 0.309 e. The number of rotatable bonds is 6. The van der Waals surface area contributed by atoms with E-state index in [1.807, 2.05) is 37.3 Å². The third-order valence-corrected chi connectivity index (χ3v) is 8.02. The summed E-state index contributed by atoms with van der Waals surface area (Å²) in [5.74, 6) is -1.41. The largest absolute Gasteiger partial charge is 0.481 e. The molecule has 2 aromatic heterocycles. The number of pyridine rings is 1. The van der Waals surface area contributed by atoms with Crippen molar-refractivity contribution in [3.05, 3.63) is 95.6 Å². The molecule has 1 aliphatic heterocycles. The molecule has 0 spiro atoms. The zero-order chi connectivity index (χ0) is 23.4. The second-order valence-electron chi connectivity index (χ2n) is 9.02. The van der Waals surface area contributed by atoms with Gasteiger partial charge in [-0.3, -0.25) is 14.7 Å². The summed E-state index contributed by atoms with van der Waals surface area (Å²) in [6, 6.07) is 17.3. The van der Waals surface area contributed by atoms with E-state index in [2.05, 4.69) is 34.2 Å². The highest BCUT2D eigenvalue weighted by Gasteiger charge is 2.39. The van der Waals surface area contributed by atoms with Crippen molar-refractivity contribution in [3.63, 3.8) is 0 Å². The number of carbonyl (C=O) groups is 1. The average Bonchev–Trinajstić information content (AvgIpc) is 3.51. The summed E-state index contributed by atoms with van der Waals surface area (Å²) in [4.78, 5) is 22.3. The fourth-order valence-corrected chi connectivity index (χ4v) is 5.69. The molecule has 0 saturated carbocycles. The van der Waals surface area contributed by atoms with Gasteiger partial charge in [-0.1, -0.05) is 30.4 Å². The van der Waals surface area contributed by atoms with E-state index in [0.717, 1.165) is 27.0 Å². The Hall–Kier alpha value is -3.42. The lowest BCUT2D eigenvalue weighted by atomic mass is 9.89. The summed E-state index contributed by atoms with van der Waals surface area (Å²) < 4.78 is 16.2. The first-order valence-electron chi connectivity index (χ1n) is 11.2. The number of fused-ring (bicyclic) bond motifs is 1. The smallest absolute Gasteiger partial charge is 0.309 e. The molecule has 1 N–H and O–H groups in total. The number of aliphatic carboxylic acids is 1. The van der Waals surface area contributed by atoms with E-state index in [9.17, 15) is 4.79 Å². The predicted molar refractivity (Wildman–Crippen MR) is 130 cm³/mol. The van der Waals surface area contributed by atoms with E-state index in [1.165, 1.54) is 11.3 Å². The van der Waals surface area contributed by atoms with Gasteiger partial charge in [0.25, 0.3) is 0 Å². The lowest BCUT2D eigenvalue weighted by Gasteiger charge is -2.41. The molecule has 1 aliphatic carbocycles. The van der Waals surface area contributed by atoms with Crippen LogP contribution < -0.4 is 0 Å². The molecule has 5 nitrogen and oxygen atoms in total. The highest BCUT2D eigenvalue weighted by molar-refractivity contribution is 7.21. The Labute approximate surface area is 200 Å². The standard InChI is InChI=1S/C27H22FN3O2S/c1-16(31-14-18(15-31)26(32)33)17-5-7-20(21(28)12-17)25-30-22-8-6-19(13-23(22)34-25)27(9-10-27)24-4-2-3-11-29-24/h2-13,16,18H,14-15H2,1H3,(H,32,33). The Balaban J connectivity index is 1.27. The summed E-state index contributed by atoms with van der Waals surface area (Å²) in [5, 5.41) is 9.74. The number of benzene rings is 2. The monoisotopic (exact) mass is 471 g/mol. The molecule has 1 fully saturated rings. The lowest BCUT2D eigenvalue weighted by Crippen LogP contribution is -2.51. The Morgan fingerprint density at radius 2 is 2.00 bits per heavy atom. The zero-order valence-corrected chi connectivity index (χ0v) is 19.3. The molecular weight excluding hydrogens is 449 g/mol. The fourth-order valence-electron chi connectivity index (χ4n) is 4.66. The number of nitrogens with zero attached hydrogens (tertiary/aromatic N) is 3. The van der Waals surface area contributed by atoms with E-state index >= 15 is 4.39 Å². The van der Waals surface area contributed by atoms with Crippen LogP contribution in [0.1, 0.15) is 29.8 Å². The highest BCUT2D eigenvalue weighted by Crippen LogP contribution is 2.45. The van der Waals surface area contributed by atoms with Gasteiger partial charge in [-0.2, -0.15) is 0 Å². The molecule has 0 bridgehead atoms. The van der Waals surface area contributed by atoms with Crippen molar-refractivity contribution in [2.24, 2.45) is 5.92 Å². The third-order valence-electron chi connectivity index (χ3n) is 6.97. The molecule has 2 aromatic carbocycles. The van der Waals surface area contributed by atoms with E-state index in [1.54, 1.807) is 18.3 Å². The quantitative estimate of drug-likeness (QED) is 0.380. The molecule has 4 aromatic rings. The fraction of sp³-hybridized carbons (Fsp3) is 0.222. The number of carboxylic acid groups (broad SMARTS) is 1. The van der Waals surface area contributed by atoms with Crippen molar-refractivity contribution in [2.45, 2.75) is 18.4 Å². The Kier molecular flexibility index (Phi) is 4.86. The van der Waals surface area contributed by atoms with Crippen LogP contribution in [0, 0.1) is 11.7 Å². The van der Waals surface area contributed by atoms with Crippen LogP contribution in [0.5, 0.6) is 0 Å². The number of likely N-dealkylation sites (tertiary alicyclic amines) is 1. The molecule has 170 valence electrons. The molecule has 1 atom stereocenters. The van der Waals surface area contributed by atoms with Crippen LogP contribution in [0.25, 0.3) is 20.8 Å². The van der Waals surface area contributed by atoms with Gasteiger partial charge >= 0.3 is 5.97 Å². The van der Waals surface area contributed by atoms with Gasteiger partial charge < -0.3 is 5.11 Å². The summed E-state index contributed by atoms with van der Waals surface area (Å²) in [6.07, 6.45) is 6.10. The van der Waals surface area contributed by atoms with Crippen LogP contribution in [-0.2, 0) is 10.2 Å². The minimum absolute atomic E-state index is 0.0362.